The van der Waals surface area contributed by atoms with E-state index in [0.717, 1.165) is 0 Å². The van der Waals surface area contributed by atoms with Gasteiger partial charge in [-0.05, 0) is 30.3 Å². The van der Waals surface area contributed by atoms with E-state index in [0.29, 0.717) is 29.4 Å². The van der Waals surface area contributed by atoms with Crippen molar-refractivity contribution >= 4 is 40.7 Å². The van der Waals surface area contributed by atoms with E-state index in [1.807, 2.05) is 0 Å². The molecule has 2 aromatic carbocycles. The lowest BCUT2D eigenvalue weighted by Gasteiger charge is -2.09. The summed E-state index contributed by atoms with van der Waals surface area (Å²) in [5.74, 6) is -0.832. The third-order valence-corrected chi connectivity index (χ3v) is 4.54. The van der Waals surface area contributed by atoms with Crippen molar-refractivity contribution in [1.82, 2.24) is 20.3 Å². The van der Waals surface area contributed by atoms with Crippen molar-refractivity contribution in [2.45, 2.75) is 0 Å². The van der Waals surface area contributed by atoms with Crippen LogP contribution in [0.1, 0.15) is 20.8 Å². The molecule has 0 fully saturated rings. The lowest BCUT2D eigenvalue weighted by Crippen LogP contribution is -2.27. The number of anilines is 1. The van der Waals surface area contributed by atoms with Gasteiger partial charge in [-0.25, -0.2) is 4.68 Å². The molecule has 0 radical (unpaired) electrons. The third kappa shape index (κ3) is 5.11. The number of halogens is 2. The van der Waals surface area contributed by atoms with Gasteiger partial charge >= 0.3 is 0 Å². The lowest BCUT2D eigenvalue weighted by atomic mass is 10.2. The van der Waals surface area contributed by atoms with Gasteiger partial charge in [0.1, 0.15) is 0 Å². The van der Waals surface area contributed by atoms with Crippen molar-refractivity contribution in [3.05, 3.63) is 70.0 Å². The van der Waals surface area contributed by atoms with Crippen LogP contribution in [-0.4, -0.2) is 47.1 Å². The number of amides is 2. The standard InChI is InChI=1S/C19H17Cl2N5O3/c1-29-9-8-22-18(27)12-6-7-13(20)15(10-12)23-19(28)16-11-26(25-24-16)17-5-3-2-4-14(17)21/h2-7,10-11H,8-9H2,1H3,(H,22,27)(H,23,28). The van der Waals surface area contributed by atoms with Crippen LogP contribution in [0.25, 0.3) is 5.69 Å². The van der Waals surface area contributed by atoms with Gasteiger partial charge in [-0.1, -0.05) is 40.5 Å². The van der Waals surface area contributed by atoms with E-state index < -0.39 is 5.91 Å². The molecule has 8 nitrogen and oxygen atoms in total. The number of carbonyl (C=O) groups is 2. The molecule has 10 heteroatoms. The van der Waals surface area contributed by atoms with E-state index in [9.17, 15) is 9.59 Å². The minimum atomic E-state index is -0.526. The Morgan fingerprint density at radius 3 is 2.66 bits per heavy atom. The largest absolute Gasteiger partial charge is 0.383 e. The third-order valence-electron chi connectivity index (χ3n) is 3.89. The van der Waals surface area contributed by atoms with E-state index in [1.165, 1.54) is 23.0 Å². The molecule has 2 amide bonds. The summed E-state index contributed by atoms with van der Waals surface area (Å²) in [5.41, 5.74) is 1.29. The van der Waals surface area contributed by atoms with Crippen LogP contribution in [0.2, 0.25) is 10.0 Å². The molecule has 3 aromatic rings. The highest BCUT2D eigenvalue weighted by atomic mass is 35.5. The Hall–Kier alpha value is -2.94. The first-order chi connectivity index (χ1) is 14.0. The minimum Gasteiger partial charge on any atom is -0.383 e. The van der Waals surface area contributed by atoms with E-state index in [2.05, 4.69) is 20.9 Å². The number of nitrogens with zero attached hydrogens (tertiary/aromatic N) is 3. The monoisotopic (exact) mass is 433 g/mol. The quantitative estimate of drug-likeness (QED) is 0.557. The number of aromatic nitrogens is 3. The van der Waals surface area contributed by atoms with Crippen molar-refractivity contribution in [1.29, 1.82) is 0 Å². The highest BCUT2D eigenvalue weighted by Crippen LogP contribution is 2.24. The molecule has 29 heavy (non-hydrogen) atoms. The summed E-state index contributed by atoms with van der Waals surface area (Å²) in [6, 6.07) is 11.6. The molecule has 2 N–H and O–H groups in total. The normalized spacial score (nSPS) is 10.6. The molecule has 0 saturated heterocycles. The molecular weight excluding hydrogens is 417 g/mol. The molecule has 0 atom stereocenters. The van der Waals surface area contributed by atoms with E-state index >= 15 is 0 Å². The van der Waals surface area contributed by atoms with Crippen LogP contribution in [0.4, 0.5) is 5.69 Å². The highest BCUT2D eigenvalue weighted by Gasteiger charge is 2.16. The lowest BCUT2D eigenvalue weighted by molar-refractivity contribution is 0.0936. The summed E-state index contributed by atoms with van der Waals surface area (Å²) in [6.45, 7) is 0.759. The predicted molar refractivity (Wildman–Crippen MR) is 110 cm³/mol. The fourth-order valence-electron chi connectivity index (χ4n) is 2.44. The number of rotatable bonds is 7. The smallest absolute Gasteiger partial charge is 0.277 e. The van der Waals surface area contributed by atoms with Crippen molar-refractivity contribution in [3.8, 4) is 5.69 Å². The second-order valence-corrected chi connectivity index (χ2v) is 6.71. The number of hydrogen-bond donors (Lipinski definition) is 2. The minimum absolute atomic E-state index is 0.0657. The van der Waals surface area contributed by atoms with Crippen LogP contribution in [0.5, 0.6) is 0 Å². The Balaban J connectivity index is 1.75. The number of ether oxygens (including phenoxy) is 1. The fraction of sp³-hybridized carbons (Fsp3) is 0.158. The highest BCUT2D eigenvalue weighted by molar-refractivity contribution is 6.34. The van der Waals surface area contributed by atoms with Gasteiger partial charge in [0.15, 0.2) is 5.69 Å². The molecule has 0 spiro atoms. The molecule has 1 heterocycles. The summed E-state index contributed by atoms with van der Waals surface area (Å²) in [7, 11) is 1.55. The first-order valence-electron chi connectivity index (χ1n) is 8.55. The van der Waals surface area contributed by atoms with Gasteiger partial charge in [-0.3, -0.25) is 9.59 Å². The summed E-state index contributed by atoms with van der Waals surface area (Å²) in [4.78, 5) is 24.7. The summed E-state index contributed by atoms with van der Waals surface area (Å²) < 4.78 is 6.30. The fourth-order valence-corrected chi connectivity index (χ4v) is 2.83. The van der Waals surface area contributed by atoms with E-state index in [1.54, 1.807) is 37.4 Å². The molecule has 0 aliphatic carbocycles. The topological polar surface area (TPSA) is 98.1 Å². The maximum absolute atomic E-state index is 12.6. The molecular formula is C19H17Cl2N5O3. The summed E-state index contributed by atoms with van der Waals surface area (Å²) in [6.07, 6.45) is 1.45. The van der Waals surface area contributed by atoms with Crippen LogP contribution in [-0.2, 0) is 4.74 Å². The Morgan fingerprint density at radius 2 is 1.90 bits per heavy atom. The van der Waals surface area contributed by atoms with Crippen molar-refractivity contribution < 1.29 is 14.3 Å². The zero-order valence-electron chi connectivity index (χ0n) is 15.4. The average Bonchev–Trinajstić information content (AvgIpc) is 3.20. The summed E-state index contributed by atoms with van der Waals surface area (Å²) >= 11 is 12.3. The zero-order valence-corrected chi connectivity index (χ0v) is 16.9. The Morgan fingerprint density at radius 1 is 1.10 bits per heavy atom. The van der Waals surface area contributed by atoms with Crippen LogP contribution in [0.15, 0.2) is 48.7 Å². The van der Waals surface area contributed by atoms with Gasteiger partial charge in [0, 0.05) is 19.2 Å². The van der Waals surface area contributed by atoms with Gasteiger partial charge in [0.25, 0.3) is 11.8 Å². The number of methoxy groups -OCH3 is 1. The Bertz CT molecular complexity index is 1040. The van der Waals surface area contributed by atoms with Crippen LogP contribution >= 0.6 is 23.2 Å². The first kappa shape index (κ1) is 20.8. The average molecular weight is 434 g/mol. The molecule has 0 saturated carbocycles. The molecule has 0 bridgehead atoms. The van der Waals surface area contributed by atoms with Crippen molar-refractivity contribution in [3.63, 3.8) is 0 Å². The van der Waals surface area contributed by atoms with Gasteiger partial charge in [-0.15, -0.1) is 5.10 Å². The Labute approximate surface area is 176 Å². The molecule has 3 rings (SSSR count). The van der Waals surface area contributed by atoms with Crippen LogP contribution < -0.4 is 10.6 Å². The maximum Gasteiger partial charge on any atom is 0.277 e. The predicted octanol–water partition coefficient (Wildman–Crippen LogP) is 3.20. The molecule has 0 aliphatic rings. The van der Waals surface area contributed by atoms with E-state index in [-0.39, 0.29) is 22.3 Å². The van der Waals surface area contributed by atoms with Gasteiger partial charge in [0.2, 0.25) is 0 Å². The zero-order chi connectivity index (χ0) is 20.8. The number of nitrogens with one attached hydrogen (secondary N) is 2. The van der Waals surface area contributed by atoms with Gasteiger partial charge in [0.05, 0.1) is 34.2 Å². The second-order valence-electron chi connectivity index (χ2n) is 5.90. The van der Waals surface area contributed by atoms with Gasteiger partial charge in [-0.2, -0.15) is 0 Å². The molecule has 1 aromatic heterocycles. The van der Waals surface area contributed by atoms with E-state index in [4.69, 9.17) is 27.9 Å². The molecule has 150 valence electrons. The van der Waals surface area contributed by atoms with Crippen LogP contribution in [0, 0.1) is 0 Å². The number of hydrogen-bond acceptors (Lipinski definition) is 5. The number of benzene rings is 2. The van der Waals surface area contributed by atoms with Crippen molar-refractivity contribution in [2.75, 3.05) is 25.6 Å². The Kier molecular flexibility index (Phi) is 6.82. The van der Waals surface area contributed by atoms with Crippen LogP contribution in [0.3, 0.4) is 0 Å². The molecule has 0 unspecified atom stereocenters. The summed E-state index contributed by atoms with van der Waals surface area (Å²) in [5, 5.41) is 13.9. The second kappa shape index (κ2) is 9.51. The SMILES string of the molecule is COCCNC(=O)c1ccc(Cl)c(NC(=O)c2cn(-c3ccccc3Cl)nn2)c1. The van der Waals surface area contributed by atoms with Gasteiger partial charge < -0.3 is 15.4 Å². The van der Waals surface area contributed by atoms with Crippen molar-refractivity contribution in [2.24, 2.45) is 0 Å². The number of carbonyl (C=O) groups excluding carboxylic acids is 2. The first-order valence-corrected chi connectivity index (χ1v) is 9.30. The molecule has 0 aliphatic heterocycles. The number of para-hydroxylation sites is 1. The maximum atomic E-state index is 12.6.